The van der Waals surface area contributed by atoms with Crippen LogP contribution in [0.5, 0.6) is 0 Å². The van der Waals surface area contributed by atoms with Crippen LogP contribution in [0.15, 0.2) is 6.20 Å². The fraction of sp³-hybridized carbons (Fsp3) is 0.688. The molecule has 0 saturated heterocycles. The third-order valence-corrected chi connectivity index (χ3v) is 4.01. The lowest BCUT2D eigenvalue weighted by Crippen LogP contribution is -2.33. The number of carbonyl (C=O) groups excluding carboxylic acids is 1. The second-order valence-corrected chi connectivity index (χ2v) is 6.47. The van der Waals surface area contributed by atoms with E-state index < -0.39 is 0 Å². The van der Waals surface area contributed by atoms with Gasteiger partial charge in [0.25, 0.3) is 0 Å². The van der Waals surface area contributed by atoms with Gasteiger partial charge >= 0.3 is 0 Å². The van der Waals surface area contributed by atoms with Crippen molar-refractivity contribution in [2.24, 2.45) is 7.05 Å². The highest BCUT2D eigenvalue weighted by molar-refractivity contribution is 5.78. The molecule has 0 fully saturated rings. The Morgan fingerprint density at radius 2 is 2.17 bits per heavy atom. The van der Waals surface area contributed by atoms with Crippen LogP contribution in [0.4, 0.5) is 0 Å². The Hall–Kier alpha value is -1.89. The fourth-order valence-electron chi connectivity index (χ4n) is 2.82. The molecule has 0 aliphatic carbocycles. The molecule has 2 aromatic rings. The minimum Gasteiger partial charge on any atom is -0.354 e. The fourth-order valence-corrected chi connectivity index (χ4v) is 2.82. The zero-order valence-electron chi connectivity index (χ0n) is 14.8. The first-order valence-electron chi connectivity index (χ1n) is 8.17. The summed E-state index contributed by atoms with van der Waals surface area (Å²) in [6, 6.07) is 0.209. The van der Waals surface area contributed by atoms with Crippen molar-refractivity contribution in [1.29, 1.82) is 0 Å². The maximum absolute atomic E-state index is 12.1. The summed E-state index contributed by atoms with van der Waals surface area (Å²) in [5.74, 6) is 0.0764. The van der Waals surface area contributed by atoms with Crippen molar-refractivity contribution in [3.8, 4) is 0 Å². The monoisotopic (exact) mass is 320 g/mol. The predicted molar refractivity (Wildman–Crippen MR) is 91.2 cm³/mol. The van der Waals surface area contributed by atoms with Gasteiger partial charge in [0, 0.05) is 19.5 Å². The lowest BCUT2D eigenvalue weighted by Gasteiger charge is -2.15. The standard InChI is InChI=1S/C16H28N6O/c1-12(7-6-9-20(3)4)18-15(23)8-10-22-16-13(2)19-21(5)14(16)11-17-22/h11-12H,6-10H2,1-5H3,(H,18,23). The van der Waals surface area contributed by atoms with Crippen LogP contribution in [-0.2, 0) is 18.4 Å². The second kappa shape index (κ2) is 7.59. The summed E-state index contributed by atoms with van der Waals surface area (Å²) in [5.41, 5.74) is 2.96. The lowest BCUT2D eigenvalue weighted by molar-refractivity contribution is -0.122. The van der Waals surface area contributed by atoms with Gasteiger partial charge in [-0.15, -0.1) is 0 Å². The highest BCUT2D eigenvalue weighted by atomic mass is 16.1. The number of nitrogens with one attached hydrogen (secondary N) is 1. The molecule has 0 spiro atoms. The van der Waals surface area contributed by atoms with E-state index in [0.29, 0.717) is 13.0 Å². The SMILES string of the molecule is Cc1nn(C)c2cnn(CCC(=O)NC(C)CCCN(C)C)c12. The first-order chi connectivity index (χ1) is 10.9. The first-order valence-corrected chi connectivity index (χ1v) is 8.17. The topological polar surface area (TPSA) is 68.0 Å². The molecule has 0 bridgehead atoms. The number of carbonyl (C=O) groups is 1. The normalized spacial score (nSPS) is 13.0. The molecule has 2 aromatic heterocycles. The van der Waals surface area contributed by atoms with Crippen molar-refractivity contribution >= 4 is 16.9 Å². The predicted octanol–water partition coefficient (Wildman–Crippen LogP) is 1.31. The summed E-state index contributed by atoms with van der Waals surface area (Å²) in [4.78, 5) is 14.2. The van der Waals surface area contributed by atoms with Gasteiger partial charge < -0.3 is 10.2 Å². The number of hydrogen-bond donors (Lipinski definition) is 1. The molecule has 0 radical (unpaired) electrons. The summed E-state index contributed by atoms with van der Waals surface area (Å²) >= 11 is 0. The van der Waals surface area contributed by atoms with E-state index in [-0.39, 0.29) is 11.9 Å². The van der Waals surface area contributed by atoms with E-state index >= 15 is 0 Å². The van der Waals surface area contributed by atoms with Gasteiger partial charge in [-0.25, -0.2) is 0 Å². The van der Waals surface area contributed by atoms with E-state index in [4.69, 9.17) is 0 Å². The first kappa shape index (κ1) is 17.5. The molecule has 7 nitrogen and oxygen atoms in total. The number of nitrogens with zero attached hydrogens (tertiary/aromatic N) is 5. The lowest BCUT2D eigenvalue weighted by atomic mass is 10.1. The Balaban J connectivity index is 1.81. The molecule has 2 heterocycles. The van der Waals surface area contributed by atoms with Gasteiger partial charge in [0.05, 0.1) is 18.4 Å². The third-order valence-electron chi connectivity index (χ3n) is 4.01. The van der Waals surface area contributed by atoms with Crippen molar-refractivity contribution < 1.29 is 4.79 Å². The Bertz CT molecular complexity index is 657. The van der Waals surface area contributed by atoms with Gasteiger partial charge in [-0.3, -0.25) is 14.2 Å². The van der Waals surface area contributed by atoms with Crippen LogP contribution < -0.4 is 5.32 Å². The van der Waals surface area contributed by atoms with Crippen LogP contribution >= 0.6 is 0 Å². The smallest absolute Gasteiger partial charge is 0.222 e. The average molecular weight is 320 g/mol. The number of fused-ring (bicyclic) bond motifs is 1. The minimum atomic E-state index is 0.0764. The number of hydrogen-bond acceptors (Lipinski definition) is 4. The van der Waals surface area contributed by atoms with E-state index in [1.54, 1.807) is 6.20 Å². The van der Waals surface area contributed by atoms with E-state index in [9.17, 15) is 4.79 Å². The number of rotatable bonds is 8. The molecular weight excluding hydrogens is 292 g/mol. The van der Waals surface area contributed by atoms with E-state index in [0.717, 1.165) is 36.1 Å². The molecule has 1 amide bonds. The molecule has 128 valence electrons. The van der Waals surface area contributed by atoms with Gasteiger partial charge in [-0.2, -0.15) is 10.2 Å². The van der Waals surface area contributed by atoms with Gasteiger partial charge in [0.2, 0.25) is 5.91 Å². The quantitative estimate of drug-likeness (QED) is 0.796. The Morgan fingerprint density at radius 3 is 2.87 bits per heavy atom. The Kier molecular flexibility index (Phi) is 5.76. The summed E-state index contributed by atoms with van der Waals surface area (Å²) in [5, 5.41) is 11.8. The average Bonchev–Trinajstić information content (AvgIpc) is 2.99. The van der Waals surface area contributed by atoms with Gasteiger partial charge in [0.15, 0.2) is 0 Å². The third kappa shape index (κ3) is 4.54. The number of amides is 1. The molecule has 0 aliphatic rings. The zero-order chi connectivity index (χ0) is 17.0. The van der Waals surface area contributed by atoms with Crippen LogP contribution in [0.3, 0.4) is 0 Å². The minimum absolute atomic E-state index is 0.0764. The van der Waals surface area contributed by atoms with E-state index in [1.165, 1.54) is 0 Å². The highest BCUT2D eigenvalue weighted by Crippen LogP contribution is 2.16. The largest absolute Gasteiger partial charge is 0.354 e. The van der Waals surface area contributed by atoms with Crippen molar-refractivity contribution in [3.05, 3.63) is 11.9 Å². The van der Waals surface area contributed by atoms with Crippen molar-refractivity contribution in [1.82, 2.24) is 29.8 Å². The molecule has 1 unspecified atom stereocenters. The molecular formula is C16H28N6O. The van der Waals surface area contributed by atoms with Crippen LogP contribution in [0, 0.1) is 6.92 Å². The molecule has 2 rings (SSSR count). The summed E-state index contributed by atoms with van der Waals surface area (Å²) < 4.78 is 3.69. The summed E-state index contributed by atoms with van der Waals surface area (Å²) in [6.07, 6.45) is 4.32. The summed E-state index contributed by atoms with van der Waals surface area (Å²) in [7, 11) is 6.03. The van der Waals surface area contributed by atoms with Gasteiger partial charge in [0.1, 0.15) is 11.0 Å². The Labute approximate surface area is 137 Å². The molecule has 0 saturated carbocycles. The molecule has 1 atom stereocenters. The Morgan fingerprint density at radius 1 is 1.43 bits per heavy atom. The van der Waals surface area contributed by atoms with Crippen LogP contribution in [0.2, 0.25) is 0 Å². The van der Waals surface area contributed by atoms with Crippen LogP contribution in [0.25, 0.3) is 11.0 Å². The van der Waals surface area contributed by atoms with E-state index in [2.05, 4.69) is 41.4 Å². The molecule has 0 aliphatic heterocycles. The molecule has 1 N–H and O–H groups in total. The zero-order valence-corrected chi connectivity index (χ0v) is 14.8. The number of aryl methyl sites for hydroxylation is 3. The molecule has 0 aromatic carbocycles. The van der Waals surface area contributed by atoms with Crippen LogP contribution in [-0.4, -0.2) is 57.1 Å². The molecule has 7 heteroatoms. The van der Waals surface area contributed by atoms with Gasteiger partial charge in [-0.1, -0.05) is 0 Å². The maximum Gasteiger partial charge on any atom is 0.222 e. The van der Waals surface area contributed by atoms with Gasteiger partial charge in [-0.05, 0) is 47.3 Å². The number of aromatic nitrogens is 4. The maximum atomic E-state index is 12.1. The van der Waals surface area contributed by atoms with Crippen molar-refractivity contribution in [2.75, 3.05) is 20.6 Å². The van der Waals surface area contributed by atoms with Crippen LogP contribution in [0.1, 0.15) is 31.9 Å². The highest BCUT2D eigenvalue weighted by Gasteiger charge is 2.13. The summed E-state index contributed by atoms with van der Waals surface area (Å²) in [6.45, 7) is 5.65. The molecule has 23 heavy (non-hydrogen) atoms. The van der Waals surface area contributed by atoms with Crippen molar-refractivity contribution in [3.63, 3.8) is 0 Å². The second-order valence-electron chi connectivity index (χ2n) is 6.47. The van der Waals surface area contributed by atoms with Crippen molar-refractivity contribution in [2.45, 2.75) is 45.7 Å². The van der Waals surface area contributed by atoms with E-state index in [1.807, 2.05) is 23.3 Å².